The monoisotopic (exact) mass is 737 g/mol. The molecule has 0 saturated carbocycles. The van der Waals surface area contributed by atoms with E-state index in [-0.39, 0.29) is 0 Å². The molecule has 0 amide bonds. The Morgan fingerprint density at radius 1 is 0.352 bits per heavy atom. The van der Waals surface area contributed by atoms with Crippen LogP contribution in [0.15, 0.2) is 35.4 Å². The zero-order valence-electron chi connectivity index (χ0n) is 37.0. The van der Waals surface area contributed by atoms with Gasteiger partial charge in [0, 0.05) is 22.3 Å². The third-order valence-electron chi connectivity index (χ3n) is 12.4. The van der Waals surface area contributed by atoms with E-state index < -0.39 is 0 Å². The van der Waals surface area contributed by atoms with Gasteiger partial charge in [0.25, 0.3) is 0 Å². The number of allylic oxidation sites excluding steroid dienone is 2. The topological polar surface area (TPSA) is 25.3 Å². The minimum Gasteiger partial charge on any atom is -0.493 e. The first-order chi connectivity index (χ1) is 26.4. The Kier molecular flexibility index (Phi) is 22.4. The van der Waals surface area contributed by atoms with Crippen LogP contribution in [0.5, 0.6) is 0 Å². The molecule has 0 unspecified atom stereocenters. The lowest BCUT2D eigenvalue weighted by molar-refractivity contribution is -0.345. The van der Waals surface area contributed by atoms with E-state index >= 15 is 0 Å². The van der Waals surface area contributed by atoms with Gasteiger partial charge in [0.1, 0.15) is 0 Å². The summed E-state index contributed by atoms with van der Waals surface area (Å²) in [6, 6.07) is 9.90. The summed E-state index contributed by atoms with van der Waals surface area (Å²) in [6.45, 7) is 18.6. The lowest BCUT2D eigenvalue weighted by Gasteiger charge is -2.18. The molecule has 302 valence electrons. The summed E-state index contributed by atoms with van der Waals surface area (Å²) in [4.78, 5) is 0. The molecule has 1 aliphatic heterocycles. The summed E-state index contributed by atoms with van der Waals surface area (Å²) in [7, 11) is 0. The second kappa shape index (κ2) is 26.4. The van der Waals surface area contributed by atoms with Gasteiger partial charge >= 0.3 is 0 Å². The van der Waals surface area contributed by atoms with Crippen molar-refractivity contribution in [3.05, 3.63) is 85.5 Å². The number of hydrogen-bond donors (Lipinski definition) is 0. The summed E-state index contributed by atoms with van der Waals surface area (Å²) in [5.74, 6) is 0. The lowest BCUT2D eigenvalue weighted by Crippen LogP contribution is -2.08. The lowest BCUT2D eigenvalue weighted by atomic mass is 9.87. The first kappa shape index (κ1) is 45.9. The molecule has 0 aliphatic carbocycles. The maximum atomic E-state index is 12.7. The Bertz CT molecular complexity index is 1420. The quantitative estimate of drug-likeness (QED) is 0.0564. The molecule has 0 saturated heterocycles. The highest BCUT2D eigenvalue weighted by atomic mass is 15.2. The van der Waals surface area contributed by atoms with Crippen LogP contribution in [0.25, 0.3) is 16.9 Å². The van der Waals surface area contributed by atoms with Gasteiger partial charge in [0.05, 0.1) is 0 Å². The third kappa shape index (κ3) is 13.3. The van der Waals surface area contributed by atoms with Crippen LogP contribution < -0.4 is 0 Å². The molecule has 2 nitrogen and oxygen atoms in total. The zero-order chi connectivity index (χ0) is 39.1. The van der Waals surface area contributed by atoms with Crippen molar-refractivity contribution in [2.45, 2.75) is 235 Å². The van der Waals surface area contributed by atoms with Crippen molar-refractivity contribution in [1.82, 2.24) is 0 Å². The SMILES string of the molecule is CCCCCCCCC1=C(c2cc(CC)c(CCCCCCCC)c(CC)c2)[N+](=[N-])C(c2cc(CC)c(CCCCCCCC)c(CC)c2)=C1CCCC. The maximum Gasteiger partial charge on any atom is 0.211 e. The van der Waals surface area contributed by atoms with E-state index in [4.69, 9.17) is 0 Å². The van der Waals surface area contributed by atoms with E-state index in [0.29, 0.717) is 0 Å². The summed E-state index contributed by atoms with van der Waals surface area (Å²) < 4.78 is 1.68. The van der Waals surface area contributed by atoms with Gasteiger partial charge < -0.3 is 5.53 Å². The van der Waals surface area contributed by atoms with Crippen LogP contribution in [0.3, 0.4) is 0 Å². The smallest absolute Gasteiger partial charge is 0.211 e. The molecule has 2 aromatic rings. The van der Waals surface area contributed by atoms with Gasteiger partial charge in [-0.15, -0.1) is 0 Å². The van der Waals surface area contributed by atoms with E-state index in [9.17, 15) is 5.53 Å². The molecular formula is C52H84N2. The highest BCUT2D eigenvalue weighted by Crippen LogP contribution is 2.46. The second-order valence-corrected chi connectivity index (χ2v) is 16.6. The van der Waals surface area contributed by atoms with Crippen LogP contribution >= 0.6 is 0 Å². The molecule has 2 heteroatoms. The number of benzene rings is 2. The van der Waals surface area contributed by atoms with Crippen LogP contribution in [0.1, 0.15) is 241 Å². The summed E-state index contributed by atoms with van der Waals surface area (Å²) in [6.07, 6.45) is 34.6. The predicted molar refractivity (Wildman–Crippen MR) is 240 cm³/mol. The number of hydrogen-bond acceptors (Lipinski definition) is 0. The molecule has 0 atom stereocenters. The van der Waals surface area contributed by atoms with Crippen LogP contribution in [-0.4, -0.2) is 4.70 Å². The van der Waals surface area contributed by atoms with Crippen molar-refractivity contribution in [2.75, 3.05) is 0 Å². The fourth-order valence-electron chi connectivity index (χ4n) is 9.16. The van der Waals surface area contributed by atoms with Gasteiger partial charge in [-0.2, -0.15) is 0 Å². The highest BCUT2D eigenvalue weighted by molar-refractivity contribution is 5.83. The average molecular weight is 737 g/mol. The fraction of sp³-hybridized carbons (Fsp3) is 0.692. The van der Waals surface area contributed by atoms with Crippen molar-refractivity contribution in [2.24, 2.45) is 0 Å². The standard InChI is InChI=1S/C52H84N2/c1-9-17-21-24-27-30-34-47-41(13-5)37-45(38-42(47)14-6)51-49(33-20-12-4)50(36-32-29-26-23-19-11-3)52(54(51)53)46-39-43(15-7)48(44(16-8)40-46)35-31-28-25-22-18-10-2/h37-40H,9-36H2,1-8H3. The molecular weight excluding hydrogens is 653 g/mol. The maximum absolute atomic E-state index is 12.7. The first-order valence-electron chi connectivity index (χ1n) is 23.7. The predicted octanol–water partition coefficient (Wildman–Crippen LogP) is 16.9. The molecule has 1 heterocycles. The average Bonchev–Trinajstić information content (AvgIpc) is 3.47. The second-order valence-electron chi connectivity index (χ2n) is 16.6. The number of aryl methyl sites for hydroxylation is 4. The Morgan fingerprint density at radius 2 is 0.630 bits per heavy atom. The first-order valence-corrected chi connectivity index (χ1v) is 23.7. The van der Waals surface area contributed by atoms with Gasteiger partial charge in [-0.3, -0.25) is 0 Å². The minimum absolute atomic E-state index is 1.03. The van der Waals surface area contributed by atoms with Crippen LogP contribution in [0.4, 0.5) is 0 Å². The summed E-state index contributed by atoms with van der Waals surface area (Å²) in [5.41, 5.74) is 29.2. The Balaban J connectivity index is 2.11. The molecule has 0 aromatic heterocycles. The molecule has 0 N–H and O–H groups in total. The van der Waals surface area contributed by atoms with Crippen molar-refractivity contribution >= 4 is 11.4 Å². The Morgan fingerprint density at radius 3 is 0.944 bits per heavy atom. The van der Waals surface area contributed by atoms with E-state index in [2.05, 4.69) is 79.7 Å². The van der Waals surface area contributed by atoms with Crippen LogP contribution in [0, 0.1) is 0 Å². The van der Waals surface area contributed by atoms with Crippen molar-refractivity contribution in [1.29, 1.82) is 0 Å². The Labute approximate surface area is 335 Å². The van der Waals surface area contributed by atoms with E-state index in [0.717, 1.165) is 62.8 Å². The minimum atomic E-state index is 1.03. The van der Waals surface area contributed by atoms with Gasteiger partial charge in [-0.1, -0.05) is 158 Å². The molecule has 2 aromatic carbocycles. The van der Waals surface area contributed by atoms with E-state index in [1.807, 2.05) is 0 Å². The fourth-order valence-corrected chi connectivity index (χ4v) is 9.16. The zero-order valence-corrected chi connectivity index (χ0v) is 37.0. The largest absolute Gasteiger partial charge is 0.493 e. The summed E-state index contributed by atoms with van der Waals surface area (Å²) >= 11 is 0. The van der Waals surface area contributed by atoms with Crippen LogP contribution in [-0.2, 0) is 38.5 Å². The van der Waals surface area contributed by atoms with Gasteiger partial charge in [-0.25, -0.2) is 4.70 Å². The number of rotatable bonds is 30. The van der Waals surface area contributed by atoms with Gasteiger partial charge in [0.2, 0.25) is 11.4 Å². The Hall–Kier alpha value is -2.48. The molecule has 0 bridgehead atoms. The normalized spacial score (nSPS) is 13.3. The van der Waals surface area contributed by atoms with Crippen molar-refractivity contribution in [3.8, 4) is 0 Å². The molecule has 0 fully saturated rings. The van der Waals surface area contributed by atoms with Crippen molar-refractivity contribution in [3.63, 3.8) is 0 Å². The highest BCUT2D eigenvalue weighted by Gasteiger charge is 2.36. The molecule has 0 radical (unpaired) electrons. The molecule has 3 rings (SSSR count). The van der Waals surface area contributed by atoms with E-state index in [1.165, 1.54) is 173 Å². The van der Waals surface area contributed by atoms with Crippen LogP contribution in [0.2, 0.25) is 0 Å². The molecule has 0 spiro atoms. The molecule has 54 heavy (non-hydrogen) atoms. The molecule has 1 aliphatic rings. The van der Waals surface area contributed by atoms with Gasteiger partial charge in [0.15, 0.2) is 0 Å². The van der Waals surface area contributed by atoms with E-state index in [1.54, 1.807) is 15.8 Å². The number of unbranched alkanes of at least 4 members (excludes halogenated alkanes) is 16. The van der Waals surface area contributed by atoms with Crippen molar-refractivity contribution < 1.29 is 4.70 Å². The van der Waals surface area contributed by atoms with Gasteiger partial charge in [-0.05, 0) is 135 Å². The summed E-state index contributed by atoms with van der Waals surface area (Å²) in [5, 5.41) is 0. The number of nitrogens with zero attached hydrogens (tertiary/aromatic N) is 2. The third-order valence-corrected chi connectivity index (χ3v) is 12.4.